The Morgan fingerprint density at radius 2 is 2.11 bits per heavy atom. The van der Waals surface area contributed by atoms with Gasteiger partial charge in [-0.1, -0.05) is 0 Å². The van der Waals surface area contributed by atoms with Gasteiger partial charge in [0, 0.05) is 26.2 Å². The molecule has 1 amide bonds. The van der Waals surface area contributed by atoms with Gasteiger partial charge in [-0.05, 0) is 44.9 Å². The van der Waals surface area contributed by atoms with E-state index < -0.39 is 0 Å². The average molecular weight is 252 g/mol. The number of carbonyl (C=O) groups is 1. The minimum absolute atomic E-state index is 0.0306. The van der Waals surface area contributed by atoms with Crippen LogP contribution >= 0.6 is 0 Å². The molecule has 1 unspecified atom stereocenters. The molecule has 0 aromatic carbocycles. The Hall–Kier alpha value is -0.610. The summed E-state index contributed by atoms with van der Waals surface area (Å²) in [6, 6.07) is 0.680. The van der Waals surface area contributed by atoms with Gasteiger partial charge in [0.1, 0.15) is 0 Å². The zero-order valence-electron chi connectivity index (χ0n) is 11.3. The fourth-order valence-corrected chi connectivity index (χ4v) is 3.13. The van der Waals surface area contributed by atoms with Gasteiger partial charge in [-0.25, -0.2) is 0 Å². The predicted octanol–water partition coefficient (Wildman–Crippen LogP) is 1.30. The van der Waals surface area contributed by atoms with E-state index in [1.54, 1.807) is 7.11 Å². The summed E-state index contributed by atoms with van der Waals surface area (Å²) in [5.41, 5.74) is -0.0306. The Kier molecular flexibility index (Phi) is 3.32. The second kappa shape index (κ2) is 4.82. The molecule has 1 atom stereocenters. The molecule has 0 bridgehead atoms. The highest BCUT2D eigenvalue weighted by atomic mass is 16.5. The highest BCUT2D eigenvalue weighted by molar-refractivity contribution is 5.82. The van der Waals surface area contributed by atoms with Crippen LogP contribution in [-0.4, -0.2) is 48.7 Å². The van der Waals surface area contributed by atoms with E-state index in [2.05, 4.69) is 5.32 Å². The van der Waals surface area contributed by atoms with E-state index in [0.29, 0.717) is 11.9 Å². The van der Waals surface area contributed by atoms with Crippen molar-refractivity contribution in [2.75, 3.05) is 20.2 Å². The van der Waals surface area contributed by atoms with Crippen molar-refractivity contribution in [2.45, 2.75) is 62.6 Å². The van der Waals surface area contributed by atoms with Gasteiger partial charge in [0.05, 0.1) is 11.6 Å². The molecule has 4 heteroatoms. The number of carbonyl (C=O) groups excluding carboxylic acids is 1. The van der Waals surface area contributed by atoms with Crippen LogP contribution in [0.3, 0.4) is 0 Å². The molecule has 1 saturated heterocycles. The van der Waals surface area contributed by atoms with Gasteiger partial charge < -0.3 is 15.0 Å². The van der Waals surface area contributed by atoms with E-state index in [1.165, 1.54) is 19.3 Å². The molecule has 4 nitrogen and oxygen atoms in total. The van der Waals surface area contributed by atoms with E-state index in [9.17, 15) is 4.79 Å². The smallest absolute Gasteiger partial charge is 0.239 e. The van der Waals surface area contributed by atoms with Crippen LogP contribution in [-0.2, 0) is 9.53 Å². The van der Waals surface area contributed by atoms with E-state index in [-0.39, 0.29) is 11.6 Å². The van der Waals surface area contributed by atoms with Gasteiger partial charge in [0.15, 0.2) is 0 Å². The van der Waals surface area contributed by atoms with Gasteiger partial charge in [-0.2, -0.15) is 0 Å². The Bertz CT molecular complexity index is 318. The second-order valence-electron chi connectivity index (χ2n) is 6.14. The summed E-state index contributed by atoms with van der Waals surface area (Å²) in [4.78, 5) is 14.5. The molecule has 18 heavy (non-hydrogen) atoms. The predicted molar refractivity (Wildman–Crippen MR) is 69.4 cm³/mol. The first-order valence-electron chi connectivity index (χ1n) is 7.32. The molecule has 2 aliphatic carbocycles. The zero-order valence-corrected chi connectivity index (χ0v) is 11.3. The maximum Gasteiger partial charge on any atom is 0.239 e. The zero-order chi connectivity index (χ0) is 12.6. The summed E-state index contributed by atoms with van der Waals surface area (Å²) in [6.45, 7) is 1.71. The van der Waals surface area contributed by atoms with Crippen molar-refractivity contribution >= 4 is 5.91 Å². The standard InChI is InChI=1S/C14H24N2O2/c1-18-14(7-3-8-14)10-16-9-2-4-12(13(16)17)15-11-5-6-11/h11-12,15H,2-10H2,1H3. The van der Waals surface area contributed by atoms with E-state index in [4.69, 9.17) is 4.74 Å². The molecule has 3 rings (SSSR count). The van der Waals surface area contributed by atoms with Gasteiger partial charge in [0.25, 0.3) is 0 Å². The van der Waals surface area contributed by atoms with Crippen LogP contribution in [0.1, 0.15) is 44.9 Å². The Labute approximate surface area is 109 Å². The molecule has 2 saturated carbocycles. The number of methoxy groups -OCH3 is 1. The Morgan fingerprint density at radius 1 is 1.33 bits per heavy atom. The van der Waals surface area contributed by atoms with Crippen LogP contribution in [0.25, 0.3) is 0 Å². The van der Waals surface area contributed by atoms with Crippen LogP contribution in [0.2, 0.25) is 0 Å². The molecule has 3 fully saturated rings. The molecular formula is C14H24N2O2. The van der Waals surface area contributed by atoms with Crippen LogP contribution in [0.15, 0.2) is 0 Å². The second-order valence-corrected chi connectivity index (χ2v) is 6.14. The number of piperidine rings is 1. The van der Waals surface area contributed by atoms with Gasteiger partial charge >= 0.3 is 0 Å². The van der Waals surface area contributed by atoms with Crippen molar-refractivity contribution in [3.63, 3.8) is 0 Å². The summed E-state index contributed by atoms with van der Waals surface area (Å²) in [7, 11) is 1.79. The summed E-state index contributed by atoms with van der Waals surface area (Å²) < 4.78 is 5.64. The fourth-order valence-electron chi connectivity index (χ4n) is 3.13. The van der Waals surface area contributed by atoms with Gasteiger partial charge in [-0.15, -0.1) is 0 Å². The van der Waals surface area contributed by atoms with Gasteiger partial charge in [0.2, 0.25) is 5.91 Å². The van der Waals surface area contributed by atoms with Crippen molar-refractivity contribution in [3.05, 3.63) is 0 Å². The monoisotopic (exact) mass is 252 g/mol. The highest BCUT2D eigenvalue weighted by Gasteiger charge is 2.42. The number of rotatable bonds is 5. The minimum Gasteiger partial charge on any atom is -0.376 e. The Morgan fingerprint density at radius 3 is 2.67 bits per heavy atom. The third-order valence-electron chi connectivity index (χ3n) is 4.72. The lowest BCUT2D eigenvalue weighted by Crippen LogP contribution is -2.57. The quantitative estimate of drug-likeness (QED) is 0.802. The van der Waals surface area contributed by atoms with Crippen LogP contribution in [0, 0.1) is 0 Å². The number of amides is 1. The largest absolute Gasteiger partial charge is 0.376 e. The van der Waals surface area contributed by atoms with Crippen molar-refractivity contribution < 1.29 is 9.53 Å². The van der Waals surface area contributed by atoms with E-state index >= 15 is 0 Å². The van der Waals surface area contributed by atoms with E-state index in [1.807, 2.05) is 4.90 Å². The molecule has 0 radical (unpaired) electrons. The van der Waals surface area contributed by atoms with Crippen molar-refractivity contribution in [2.24, 2.45) is 0 Å². The number of nitrogens with one attached hydrogen (secondary N) is 1. The first-order valence-corrected chi connectivity index (χ1v) is 7.32. The van der Waals surface area contributed by atoms with Crippen molar-refractivity contribution in [3.8, 4) is 0 Å². The molecule has 1 aliphatic heterocycles. The number of ether oxygens (including phenoxy) is 1. The summed E-state index contributed by atoms with van der Waals surface area (Å²) in [5, 5.41) is 3.48. The lowest BCUT2D eigenvalue weighted by atomic mass is 9.79. The molecular weight excluding hydrogens is 228 g/mol. The molecule has 0 spiro atoms. The average Bonchev–Trinajstić information content (AvgIpc) is 3.12. The molecule has 0 aromatic heterocycles. The number of nitrogens with zero attached hydrogens (tertiary/aromatic N) is 1. The number of hydrogen-bond donors (Lipinski definition) is 1. The van der Waals surface area contributed by atoms with Gasteiger partial charge in [-0.3, -0.25) is 4.79 Å². The van der Waals surface area contributed by atoms with Crippen molar-refractivity contribution in [1.29, 1.82) is 0 Å². The highest BCUT2D eigenvalue weighted by Crippen LogP contribution is 2.36. The number of likely N-dealkylation sites (tertiary alicyclic amines) is 1. The van der Waals surface area contributed by atoms with E-state index in [0.717, 1.165) is 38.8 Å². The third-order valence-corrected chi connectivity index (χ3v) is 4.72. The number of hydrogen-bond acceptors (Lipinski definition) is 3. The molecule has 1 N–H and O–H groups in total. The van der Waals surface area contributed by atoms with Crippen LogP contribution in [0.5, 0.6) is 0 Å². The molecule has 1 heterocycles. The first kappa shape index (κ1) is 12.4. The third kappa shape index (κ3) is 2.41. The summed E-state index contributed by atoms with van der Waals surface area (Å²) in [5.74, 6) is 0.302. The Balaban J connectivity index is 1.58. The first-order chi connectivity index (χ1) is 8.72. The summed E-state index contributed by atoms with van der Waals surface area (Å²) in [6.07, 6.45) is 8.06. The molecule has 0 aromatic rings. The SMILES string of the molecule is COC1(CN2CCCC(NC3CC3)C2=O)CCC1. The maximum absolute atomic E-state index is 12.4. The lowest BCUT2D eigenvalue weighted by Gasteiger charge is -2.45. The summed E-state index contributed by atoms with van der Waals surface area (Å²) >= 11 is 0. The minimum atomic E-state index is -0.0306. The lowest BCUT2D eigenvalue weighted by molar-refractivity contribution is -0.146. The fraction of sp³-hybridized carbons (Fsp3) is 0.929. The van der Waals surface area contributed by atoms with Crippen LogP contribution in [0.4, 0.5) is 0 Å². The van der Waals surface area contributed by atoms with Crippen molar-refractivity contribution in [1.82, 2.24) is 10.2 Å². The normalized spacial score (nSPS) is 31.3. The molecule has 3 aliphatic rings. The topological polar surface area (TPSA) is 41.6 Å². The van der Waals surface area contributed by atoms with Crippen LogP contribution < -0.4 is 5.32 Å². The molecule has 102 valence electrons. The maximum atomic E-state index is 12.4.